The molecule has 8 nitrogen and oxygen atoms in total. The summed E-state index contributed by atoms with van der Waals surface area (Å²) < 4.78 is 23.0. The second-order valence-corrected chi connectivity index (χ2v) is 8.61. The van der Waals surface area contributed by atoms with E-state index in [-0.39, 0.29) is 23.8 Å². The molecule has 0 radical (unpaired) electrons. The van der Waals surface area contributed by atoms with Crippen LogP contribution in [0.3, 0.4) is 0 Å². The molecule has 166 valence electrons. The lowest BCUT2D eigenvalue weighted by atomic mass is 9.78. The highest BCUT2D eigenvalue weighted by Gasteiger charge is 2.44. The lowest BCUT2D eigenvalue weighted by Gasteiger charge is -2.35. The van der Waals surface area contributed by atoms with Gasteiger partial charge in [-0.2, -0.15) is 0 Å². The first-order valence-electron chi connectivity index (χ1n) is 11.0. The van der Waals surface area contributed by atoms with Gasteiger partial charge in [0.1, 0.15) is 25.1 Å². The number of rotatable bonds is 4. The Hall–Kier alpha value is -2.74. The lowest BCUT2D eigenvalue weighted by molar-refractivity contribution is -0.0233. The Balaban J connectivity index is 1.25. The minimum absolute atomic E-state index is 0.113. The number of nitrogens with zero attached hydrogens (tertiary/aromatic N) is 2. The third-order valence-electron chi connectivity index (χ3n) is 6.51. The number of hydrogen-bond donors (Lipinski definition) is 1. The Morgan fingerprint density at radius 1 is 1.19 bits per heavy atom. The Morgan fingerprint density at radius 3 is 2.68 bits per heavy atom. The summed E-state index contributed by atoms with van der Waals surface area (Å²) in [5.74, 6) is 3.37. The molecule has 1 aliphatic carbocycles. The van der Waals surface area contributed by atoms with Crippen LogP contribution in [-0.4, -0.2) is 59.4 Å². The predicted octanol–water partition coefficient (Wildman–Crippen LogP) is 2.61. The molecular formula is C23H28N2O6. The normalized spacial score (nSPS) is 27.1. The van der Waals surface area contributed by atoms with Crippen LogP contribution in [0, 0.1) is 18.8 Å². The molecule has 2 aromatic rings. The number of ether oxygens (including phenoxy) is 3. The summed E-state index contributed by atoms with van der Waals surface area (Å²) in [6, 6.07) is 5.49. The topological polar surface area (TPSA) is 94.3 Å². The Morgan fingerprint density at radius 2 is 1.94 bits per heavy atom. The first-order chi connectivity index (χ1) is 15.0. The van der Waals surface area contributed by atoms with E-state index in [1.807, 2.05) is 30.0 Å². The van der Waals surface area contributed by atoms with E-state index in [9.17, 15) is 9.90 Å². The van der Waals surface area contributed by atoms with Gasteiger partial charge in [0, 0.05) is 25.6 Å². The van der Waals surface area contributed by atoms with E-state index < -0.39 is 6.10 Å². The Kier molecular flexibility index (Phi) is 5.25. The van der Waals surface area contributed by atoms with Crippen molar-refractivity contribution in [1.29, 1.82) is 0 Å². The molecule has 0 spiro atoms. The van der Waals surface area contributed by atoms with Gasteiger partial charge in [0.25, 0.3) is 5.91 Å². The van der Waals surface area contributed by atoms with Crippen molar-refractivity contribution < 1.29 is 28.5 Å². The summed E-state index contributed by atoms with van der Waals surface area (Å²) in [6.45, 7) is 6.07. The summed E-state index contributed by atoms with van der Waals surface area (Å²) in [5.41, 5.74) is 0.636. The standard InChI is InChI=1S/C23H28N2O6/c1-3-21-24-13(2)22(31-21)23(27)25-11-14-8-17(26)19(9-15(14)12-25)30-16-4-5-18-20(10-16)29-7-6-28-18/h4-5,10,14-15,17,19,26H,3,6-9,11-12H2,1-2H3/t14-,15+,17+,19+/m0/s1. The fourth-order valence-electron chi connectivity index (χ4n) is 4.90. The number of aliphatic hydroxyl groups excluding tert-OH is 1. The van der Waals surface area contributed by atoms with Crippen molar-refractivity contribution in [3.63, 3.8) is 0 Å². The maximum Gasteiger partial charge on any atom is 0.291 e. The van der Waals surface area contributed by atoms with Crippen molar-refractivity contribution in [2.75, 3.05) is 26.3 Å². The van der Waals surface area contributed by atoms with Gasteiger partial charge in [0.2, 0.25) is 5.76 Å². The van der Waals surface area contributed by atoms with Crippen LogP contribution in [-0.2, 0) is 6.42 Å². The van der Waals surface area contributed by atoms with Gasteiger partial charge in [-0.25, -0.2) is 4.98 Å². The fraction of sp³-hybridized carbons (Fsp3) is 0.565. The predicted molar refractivity (Wildman–Crippen MR) is 111 cm³/mol. The largest absolute Gasteiger partial charge is 0.488 e. The van der Waals surface area contributed by atoms with Crippen LogP contribution in [0.15, 0.2) is 22.6 Å². The summed E-state index contributed by atoms with van der Waals surface area (Å²) in [7, 11) is 0. The van der Waals surface area contributed by atoms with Crippen molar-refractivity contribution in [1.82, 2.24) is 9.88 Å². The lowest BCUT2D eigenvalue weighted by Crippen LogP contribution is -2.42. The minimum atomic E-state index is -0.580. The number of likely N-dealkylation sites (tertiary alicyclic amines) is 1. The molecule has 4 atom stereocenters. The van der Waals surface area contributed by atoms with Crippen molar-refractivity contribution >= 4 is 5.91 Å². The van der Waals surface area contributed by atoms with Gasteiger partial charge in [-0.05, 0) is 43.7 Å². The van der Waals surface area contributed by atoms with Gasteiger partial charge in [-0.3, -0.25) is 4.79 Å². The van der Waals surface area contributed by atoms with E-state index in [2.05, 4.69) is 4.98 Å². The molecule has 2 fully saturated rings. The number of hydrogen-bond acceptors (Lipinski definition) is 7. The maximum atomic E-state index is 13.0. The molecule has 5 rings (SSSR count). The van der Waals surface area contributed by atoms with Crippen LogP contribution in [0.2, 0.25) is 0 Å². The van der Waals surface area contributed by atoms with Crippen molar-refractivity contribution in [2.45, 2.75) is 45.3 Å². The highest BCUT2D eigenvalue weighted by Crippen LogP contribution is 2.40. The van der Waals surface area contributed by atoms with Crippen LogP contribution >= 0.6 is 0 Å². The average Bonchev–Trinajstić information content (AvgIpc) is 3.36. The van der Waals surface area contributed by atoms with Gasteiger partial charge in [-0.1, -0.05) is 6.92 Å². The third kappa shape index (κ3) is 3.84. The van der Waals surface area contributed by atoms with E-state index in [0.29, 0.717) is 80.2 Å². The van der Waals surface area contributed by atoms with E-state index in [0.717, 1.165) is 0 Å². The number of carbonyl (C=O) groups is 1. The van der Waals surface area contributed by atoms with Crippen LogP contribution in [0.1, 0.15) is 41.9 Å². The molecule has 1 N–H and O–H groups in total. The van der Waals surface area contributed by atoms with Crippen LogP contribution in [0.5, 0.6) is 17.2 Å². The maximum absolute atomic E-state index is 13.0. The van der Waals surface area contributed by atoms with E-state index >= 15 is 0 Å². The monoisotopic (exact) mass is 428 g/mol. The first-order valence-corrected chi connectivity index (χ1v) is 11.0. The van der Waals surface area contributed by atoms with E-state index in [1.54, 1.807) is 6.92 Å². The summed E-state index contributed by atoms with van der Waals surface area (Å²) in [6.07, 6.45) is 1.06. The number of aryl methyl sites for hydroxylation is 2. The molecule has 3 heterocycles. The molecule has 0 unspecified atom stereocenters. The van der Waals surface area contributed by atoms with Crippen LogP contribution in [0.25, 0.3) is 0 Å². The number of benzene rings is 1. The average molecular weight is 428 g/mol. The highest BCUT2D eigenvalue weighted by molar-refractivity contribution is 5.92. The number of oxazole rings is 1. The smallest absolute Gasteiger partial charge is 0.291 e. The third-order valence-corrected chi connectivity index (χ3v) is 6.51. The number of amides is 1. The molecule has 1 saturated carbocycles. The van der Waals surface area contributed by atoms with Crippen molar-refractivity contribution in [3.05, 3.63) is 35.5 Å². The first kappa shape index (κ1) is 20.2. The number of carbonyl (C=O) groups excluding carboxylic acids is 1. The number of aromatic nitrogens is 1. The van der Waals surface area contributed by atoms with Gasteiger partial charge >= 0.3 is 0 Å². The quantitative estimate of drug-likeness (QED) is 0.800. The SMILES string of the molecule is CCc1nc(C)c(C(=O)N2C[C@H]3C[C@@H](Oc4ccc5c(c4)OCCO5)[C@H](O)C[C@H]3C2)o1. The number of aliphatic hydroxyl groups is 1. The van der Waals surface area contributed by atoms with Crippen LogP contribution in [0.4, 0.5) is 0 Å². The van der Waals surface area contributed by atoms with Gasteiger partial charge in [0.15, 0.2) is 17.4 Å². The molecule has 0 bridgehead atoms. The van der Waals surface area contributed by atoms with Gasteiger partial charge in [-0.15, -0.1) is 0 Å². The molecule has 1 aromatic carbocycles. The van der Waals surface area contributed by atoms with E-state index in [1.165, 1.54) is 0 Å². The summed E-state index contributed by atoms with van der Waals surface area (Å²) in [5, 5.41) is 10.7. The zero-order valence-electron chi connectivity index (χ0n) is 17.9. The summed E-state index contributed by atoms with van der Waals surface area (Å²) in [4.78, 5) is 19.2. The highest BCUT2D eigenvalue weighted by atomic mass is 16.6. The van der Waals surface area contributed by atoms with Crippen molar-refractivity contribution in [2.24, 2.45) is 11.8 Å². The second-order valence-electron chi connectivity index (χ2n) is 8.61. The molecule has 1 amide bonds. The molecule has 3 aliphatic rings. The molecular weight excluding hydrogens is 400 g/mol. The minimum Gasteiger partial charge on any atom is -0.488 e. The van der Waals surface area contributed by atoms with Gasteiger partial charge < -0.3 is 28.6 Å². The fourth-order valence-corrected chi connectivity index (χ4v) is 4.90. The zero-order valence-corrected chi connectivity index (χ0v) is 17.9. The Bertz CT molecular complexity index is 973. The van der Waals surface area contributed by atoms with Gasteiger partial charge in [0.05, 0.1) is 11.8 Å². The Labute approximate surface area is 181 Å². The van der Waals surface area contributed by atoms with E-state index in [4.69, 9.17) is 18.6 Å². The van der Waals surface area contributed by atoms with Crippen LogP contribution < -0.4 is 14.2 Å². The summed E-state index contributed by atoms with van der Waals surface area (Å²) >= 11 is 0. The number of fused-ring (bicyclic) bond motifs is 2. The van der Waals surface area contributed by atoms with Crippen molar-refractivity contribution in [3.8, 4) is 17.2 Å². The molecule has 31 heavy (non-hydrogen) atoms. The second kappa shape index (κ2) is 8.07. The molecule has 8 heteroatoms. The zero-order chi connectivity index (χ0) is 21.5. The molecule has 1 saturated heterocycles. The molecule has 1 aromatic heterocycles. The molecule has 2 aliphatic heterocycles.